The molecule has 1 saturated heterocycles. The molecule has 9 heteroatoms. The fraction of sp³-hybridized carbons (Fsp3) is 0.542. The lowest BCUT2D eigenvalue weighted by Crippen LogP contribution is -2.49. The molecule has 2 heterocycles. The van der Waals surface area contributed by atoms with Gasteiger partial charge in [0.2, 0.25) is 5.91 Å². The number of carbonyl (C=O) groups is 3. The third-order valence-electron chi connectivity index (χ3n) is 6.14. The second-order valence-corrected chi connectivity index (χ2v) is 8.13. The number of nitrogens with one attached hydrogen (secondary N) is 1. The number of likely N-dealkylation sites (N-methyl/N-ethyl adjacent to an activating group) is 1. The van der Waals surface area contributed by atoms with Crippen LogP contribution in [0.25, 0.3) is 0 Å². The van der Waals surface area contributed by atoms with Gasteiger partial charge in [0.1, 0.15) is 5.75 Å². The molecule has 1 N–H and O–H groups in total. The molecule has 1 aromatic rings. The van der Waals surface area contributed by atoms with E-state index in [0.29, 0.717) is 55.2 Å². The maximum atomic E-state index is 13.2. The van der Waals surface area contributed by atoms with Gasteiger partial charge in [0.15, 0.2) is 0 Å². The topological polar surface area (TPSA) is 91.4 Å². The number of hydrogen-bond acceptors (Lipinski definition) is 6. The summed E-state index contributed by atoms with van der Waals surface area (Å²) in [7, 11) is 3.22. The van der Waals surface area contributed by atoms with Crippen LogP contribution in [0, 0.1) is 0 Å². The molecule has 2 aliphatic rings. The molecule has 0 aliphatic carbocycles. The van der Waals surface area contributed by atoms with E-state index in [1.54, 1.807) is 27.1 Å². The first-order valence-corrected chi connectivity index (χ1v) is 11.5. The molecule has 0 unspecified atom stereocenters. The Morgan fingerprint density at radius 1 is 1.12 bits per heavy atom. The van der Waals surface area contributed by atoms with Crippen molar-refractivity contribution in [1.29, 1.82) is 0 Å². The average molecular weight is 459 g/mol. The van der Waals surface area contributed by atoms with Crippen LogP contribution < -0.4 is 10.1 Å². The van der Waals surface area contributed by atoms with Gasteiger partial charge in [-0.25, -0.2) is 9.59 Å². The van der Waals surface area contributed by atoms with Gasteiger partial charge in [-0.3, -0.25) is 14.6 Å². The van der Waals surface area contributed by atoms with Gasteiger partial charge in [0.05, 0.1) is 25.3 Å². The Labute approximate surface area is 195 Å². The van der Waals surface area contributed by atoms with Crippen molar-refractivity contribution in [3.05, 3.63) is 41.1 Å². The Balaban J connectivity index is 1.98. The van der Waals surface area contributed by atoms with Crippen LogP contribution in [0.15, 0.2) is 35.5 Å². The molecule has 0 saturated carbocycles. The Kier molecular flexibility index (Phi) is 8.32. The maximum absolute atomic E-state index is 13.2. The first-order chi connectivity index (χ1) is 15.9. The van der Waals surface area contributed by atoms with E-state index in [9.17, 15) is 14.4 Å². The molecule has 1 fully saturated rings. The number of hydrogen-bond donors (Lipinski definition) is 1. The predicted octanol–water partition coefficient (Wildman–Crippen LogP) is 2.15. The summed E-state index contributed by atoms with van der Waals surface area (Å²) in [4.78, 5) is 43.8. The first-order valence-electron chi connectivity index (χ1n) is 11.5. The van der Waals surface area contributed by atoms with E-state index in [-0.39, 0.29) is 18.5 Å². The molecular formula is C24H34N4O5. The highest BCUT2D eigenvalue weighted by Crippen LogP contribution is 2.35. The van der Waals surface area contributed by atoms with Gasteiger partial charge in [0, 0.05) is 57.5 Å². The van der Waals surface area contributed by atoms with Crippen LogP contribution in [0.1, 0.15) is 38.3 Å². The van der Waals surface area contributed by atoms with Crippen LogP contribution in [0.5, 0.6) is 5.75 Å². The Bertz CT molecular complexity index is 916. The lowest BCUT2D eigenvalue weighted by atomic mass is 9.93. The van der Waals surface area contributed by atoms with E-state index in [0.717, 1.165) is 13.0 Å². The highest BCUT2D eigenvalue weighted by atomic mass is 16.5. The number of urea groups is 1. The number of methoxy groups -OCH3 is 1. The van der Waals surface area contributed by atoms with Crippen molar-refractivity contribution in [2.45, 2.75) is 32.7 Å². The zero-order valence-corrected chi connectivity index (χ0v) is 19.9. The van der Waals surface area contributed by atoms with Gasteiger partial charge >= 0.3 is 12.0 Å². The van der Waals surface area contributed by atoms with Crippen molar-refractivity contribution in [3.8, 4) is 5.75 Å². The zero-order chi connectivity index (χ0) is 24.0. The third kappa shape index (κ3) is 5.47. The third-order valence-corrected chi connectivity index (χ3v) is 6.14. The molecule has 0 spiro atoms. The second kappa shape index (κ2) is 11.2. The van der Waals surface area contributed by atoms with Crippen molar-refractivity contribution < 1.29 is 23.9 Å². The summed E-state index contributed by atoms with van der Waals surface area (Å²) in [6.45, 7) is 7.03. The molecule has 3 amide bonds. The first kappa shape index (κ1) is 24.6. The molecule has 2 aliphatic heterocycles. The minimum Gasteiger partial charge on any atom is -0.496 e. The standard InChI is InChI=1S/C24H34N4O5/c1-5-20(29)28-13-9-12-27(14-15-28)16-18-21(23(30)33-6-2)22(25-24(31)26(18)3)17-10-7-8-11-19(17)32-4/h7-8,10-11,22H,5-6,9,12-16H2,1-4H3,(H,25,31)/t22-/m0/s1. The van der Waals surface area contributed by atoms with Crippen molar-refractivity contribution in [1.82, 2.24) is 20.0 Å². The summed E-state index contributed by atoms with van der Waals surface area (Å²) in [6, 6.07) is 6.34. The van der Waals surface area contributed by atoms with E-state index in [2.05, 4.69) is 10.2 Å². The van der Waals surface area contributed by atoms with E-state index in [4.69, 9.17) is 9.47 Å². The van der Waals surface area contributed by atoms with Crippen LogP contribution in [-0.4, -0.2) is 86.1 Å². The van der Waals surface area contributed by atoms with Gasteiger partial charge in [-0.1, -0.05) is 25.1 Å². The number of benzene rings is 1. The average Bonchev–Trinajstić information content (AvgIpc) is 3.07. The lowest BCUT2D eigenvalue weighted by molar-refractivity contribution is -0.139. The van der Waals surface area contributed by atoms with Crippen LogP contribution in [0.4, 0.5) is 4.79 Å². The highest BCUT2D eigenvalue weighted by molar-refractivity contribution is 5.95. The Hall–Kier alpha value is -3.07. The number of esters is 1. The smallest absolute Gasteiger partial charge is 0.338 e. The molecule has 180 valence electrons. The minimum absolute atomic E-state index is 0.147. The summed E-state index contributed by atoms with van der Waals surface area (Å²) in [5.74, 6) is 0.263. The second-order valence-electron chi connectivity index (χ2n) is 8.13. The van der Waals surface area contributed by atoms with Crippen LogP contribution in [0.2, 0.25) is 0 Å². The largest absolute Gasteiger partial charge is 0.496 e. The number of amides is 3. The fourth-order valence-electron chi connectivity index (χ4n) is 4.35. The van der Waals surface area contributed by atoms with Crippen LogP contribution in [0.3, 0.4) is 0 Å². The minimum atomic E-state index is -0.691. The molecule has 0 bridgehead atoms. The normalized spacial score (nSPS) is 19.8. The monoisotopic (exact) mass is 458 g/mol. The molecule has 33 heavy (non-hydrogen) atoms. The van der Waals surface area contributed by atoms with Crippen molar-refractivity contribution >= 4 is 17.9 Å². The van der Waals surface area contributed by atoms with Crippen molar-refractivity contribution in [3.63, 3.8) is 0 Å². The molecule has 1 atom stereocenters. The van der Waals surface area contributed by atoms with E-state index >= 15 is 0 Å². The molecule has 1 aromatic carbocycles. The number of nitrogens with zero attached hydrogens (tertiary/aromatic N) is 3. The van der Waals surface area contributed by atoms with Crippen LogP contribution in [-0.2, 0) is 14.3 Å². The van der Waals surface area contributed by atoms with E-state index in [1.165, 1.54) is 4.90 Å². The molecular weight excluding hydrogens is 424 g/mol. The van der Waals surface area contributed by atoms with Crippen LogP contribution >= 0.6 is 0 Å². The Morgan fingerprint density at radius 2 is 1.88 bits per heavy atom. The van der Waals surface area contributed by atoms with Crippen molar-refractivity contribution in [2.24, 2.45) is 0 Å². The Morgan fingerprint density at radius 3 is 2.58 bits per heavy atom. The summed E-state index contributed by atoms with van der Waals surface area (Å²) in [6.07, 6.45) is 1.32. The molecule has 0 radical (unpaired) electrons. The highest BCUT2D eigenvalue weighted by Gasteiger charge is 2.38. The van der Waals surface area contributed by atoms with Gasteiger partial charge in [-0.05, 0) is 19.4 Å². The van der Waals surface area contributed by atoms with Gasteiger partial charge in [-0.15, -0.1) is 0 Å². The number of para-hydroxylation sites is 1. The molecule has 0 aromatic heterocycles. The predicted molar refractivity (Wildman–Crippen MR) is 124 cm³/mol. The summed E-state index contributed by atoms with van der Waals surface area (Å²) in [5.41, 5.74) is 1.69. The van der Waals surface area contributed by atoms with E-state index in [1.807, 2.05) is 30.0 Å². The summed E-state index contributed by atoms with van der Waals surface area (Å²) in [5, 5.41) is 2.93. The SMILES string of the molecule is CCOC(=O)C1=C(CN2CCCN(C(=O)CC)CC2)N(C)C(=O)N[C@H]1c1ccccc1OC. The fourth-order valence-corrected chi connectivity index (χ4v) is 4.35. The summed E-state index contributed by atoms with van der Waals surface area (Å²) < 4.78 is 10.9. The van der Waals surface area contributed by atoms with Crippen molar-refractivity contribution in [2.75, 3.05) is 53.5 Å². The number of rotatable bonds is 7. The quantitative estimate of drug-likeness (QED) is 0.630. The lowest BCUT2D eigenvalue weighted by Gasteiger charge is -2.37. The molecule has 3 rings (SSSR count). The number of ether oxygens (including phenoxy) is 2. The number of carbonyl (C=O) groups excluding carboxylic acids is 3. The summed E-state index contributed by atoms with van der Waals surface area (Å²) >= 11 is 0. The van der Waals surface area contributed by atoms with Gasteiger partial charge in [-0.2, -0.15) is 0 Å². The van der Waals surface area contributed by atoms with Gasteiger partial charge in [0.25, 0.3) is 0 Å². The van der Waals surface area contributed by atoms with Gasteiger partial charge < -0.3 is 19.7 Å². The maximum Gasteiger partial charge on any atom is 0.338 e. The molecule has 9 nitrogen and oxygen atoms in total. The van der Waals surface area contributed by atoms with E-state index < -0.39 is 12.0 Å². The zero-order valence-electron chi connectivity index (χ0n) is 19.9.